The summed E-state index contributed by atoms with van der Waals surface area (Å²) in [7, 11) is 2.17. The first kappa shape index (κ1) is 12.7. The van der Waals surface area contributed by atoms with Crippen LogP contribution in [0.4, 0.5) is 0 Å². The van der Waals surface area contributed by atoms with E-state index in [2.05, 4.69) is 18.9 Å². The summed E-state index contributed by atoms with van der Waals surface area (Å²) < 4.78 is 0. The number of hydrogen-bond donors (Lipinski definition) is 1. The van der Waals surface area contributed by atoms with Crippen molar-refractivity contribution in [2.75, 3.05) is 25.1 Å². The van der Waals surface area contributed by atoms with Crippen molar-refractivity contribution in [2.45, 2.75) is 44.8 Å². The monoisotopic (exact) mass is 243 g/mol. The van der Waals surface area contributed by atoms with Gasteiger partial charge in [-0.3, -0.25) is 4.90 Å². The number of aliphatic hydroxyl groups excluding tert-OH is 1. The minimum absolute atomic E-state index is 0.0967. The zero-order valence-corrected chi connectivity index (χ0v) is 11.4. The smallest absolute Gasteiger partial charge is 0.0731 e. The summed E-state index contributed by atoms with van der Waals surface area (Å²) in [5, 5.41) is 10.5. The van der Waals surface area contributed by atoms with Gasteiger partial charge in [-0.15, -0.1) is 0 Å². The molecule has 2 rings (SSSR count). The van der Waals surface area contributed by atoms with Crippen molar-refractivity contribution < 1.29 is 5.11 Å². The summed E-state index contributed by atoms with van der Waals surface area (Å²) >= 11 is 2.00. The van der Waals surface area contributed by atoms with E-state index in [0.717, 1.165) is 18.2 Å². The zero-order valence-electron chi connectivity index (χ0n) is 10.6. The molecule has 4 unspecified atom stereocenters. The molecule has 2 fully saturated rings. The number of hydrogen-bond acceptors (Lipinski definition) is 3. The van der Waals surface area contributed by atoms with Gasteiger partial charge in [0.05, 0.1) is 6.10 Å². The van der Waals surface area contributed by atoms with E-state index in [1.807, 2.05) is 11.8 Å². The van der Waals surface area contributed by atoms with Crippen molar-refractivity contribution in [1.82, 2.24) is 4.90 Å². The molecule has 1 saturated heterocycles. The largest absolute Gasteiger partial charge is 0.391 e. The molecule has 1 N–H and O–H groups in total. The Morgan fingerprint density at radius 3 is 2.88 bits per heavy atom. The van der Waals surface area contributed by atoms with Gasteiger partial charge in [-0.1, -0.05) is 19.8 Å². The summed E-state index contributed by atoms with van der Waals surface area (Å²) in [5.74, 6) is 3.70. The molecule has 4 atom stereocenters. The van der Waals surface area contributed by atoms with Gasteiger partial charge in [0.2, 0.25) is 0 Å². The van der Waals surface area contributed by atoms with Gasteiger partial charge in [-0.25, -0.2) is 0 Å². The summed E-state index contributed by atoms with van der Waals surface area (Å²) in [5.41, 5.74) is 0. The highest BCUT2D eigenvalue weighted by Gasteiger charge is 2.34. The maximum Gasteiger partial charge on any atom is 0.0731 e. The van der Waals surface area contributed by atoms with E-state index >= 15 is 0 Å². The lowest BCUT2D eigenvalue weighted by molar-refractivity contribution is 0.00938. The van der Waals surface area contributed by atoms with Gasteiger partial charge in [0.1, 0.15) is 0 Å². The minimum atomic E-state index is -0.0967. The maximum atomic E-state index is 10.5. The van der Waals surface area contributed by atoms with Gasteiger partial charge in [-0.05, 0) is 31.7 Å². The van der Waals surface area contributed by atoms with E-state index in [9.17, 15) is 5.11 Å². The minimum Gasteiger partial charge on any atom is -0.391 e. The van der Waals surface area contributed by atoms with Gasteiger partial charge < -0.3 is 5.11 Å². The molecule has 0 aromatic carbocycles. The molecule has 1 heterocycles. The Bertz CT molecular complexity index is 224. The highest BCUT2D eigenvalue weighted by atomic mass is 32.2. The predicted octanol–water partition coefficient (Wildman–Crippen LogP) is 2.22. The van der Waals surface area contributed by atoms with Crippen LogP contribution >= 0.6 is 11.8 Å². The third kappa shape index (κ3) is 2.93. The van der Waals surface area contributed by atoms with Crippen LogP contribution in [-0.4, -0.2) is 47.3 Å². The Labute approximate surface area is 104 Å². The first-order valence-electron chi connectivity index (χ1n) is 6.64. The summed E-state index contributed by atoms with van der Waals surface area (Å²) in [6.07, 6.45) is 5.04. The Morgan fingerprint density at radius 1 is 1.38 bits per heavy atom. The molecule has 1 aliphatic carbocycles. The van der Waals surface area contributed by atoms with Crippen molar-refractivity contribution in [3.63, 3.8) is 0 Å². The number of likely N-dealkylation sites (N-methyl/N-ethyl adjacent to an activating group) is 1. The molecule has 0 aromatic rings. The van der Waals surface area contributed by atoms with Crippen LogP contribution in [0.15, 0.2) is 0 Å². The van der Waals surface area contributed by atoms with Crippen LogP contribution in [0.3, 0.4) is 0 Å². The van der Waals surface area contributed by atoms with E-state index < -0.39 is 0 Å². The first-order chi connectivity index (χ1) is 7.68. The fourth-order valence-corrected chi connectivity index (χ4v) is 4.45. The van der Waals surface area contributed by atoms with Gasteiger partial charge in [0.25, 0.3) is 0 Å². The second kappa shape index (κ2) is 5.74. The van der Waals surface area contributed by atoms with E-state index in [4.69, 9.17) is 0 Å². The SMILES string of the molecule is CC1CCCC(C(O)C2CSCCN2C)C1. The molecular weight excluding hydrogens is 218 g/mol. The third-order valence-corrected chi connectivity index (χ3v) is 5.35. The molecule has 16 heavy (non-hydrogen) atoms. The van der Waals surface area contributed by atoms with Crippen LogP contribution in [-0.2, 0) is 0 Å². The summed E-state index contributed by atoms with van der Waals surface area (Å²) in [6, 6.07) is 0.397. The average molecular weight is 243 g/mol. The van der Waals surface area contributed by atoms with Crippen molar-refractivity contribution in [2.24, 2.45) is 11.8 Å². The van der Waals surface area contributed by atoms with Crippen molar-refractivity contribution in [3.05, 3.63) is 0 Å². The van der Waals surface area contributed by atoms with Crippen LogP contribution in [0.5, 0.6) is 0 Å². The van der Waals surface area contributed by atoms with Crippen molar-refractivity contribution in [1.29, 1.82) is 0 Å². The summed E-state index contributed by atoms with van der Waals surface area (Å²) in [4.78, 5) is 2.36. The van der Waals surface area contributed by atoms with Crippen LogP contribution in [0.25, 0.3) is 0 Å². The van der Waals surface area contributed by atoms with Gasteiger partial charge in [-0.2, -0.15) is 11.8 Å². The van der Waals surface area contributed by atoms with Gasteiger partial charge in [0, 0.05) is 24.1 Å². The van der Waals surface area contributed by atoms with Crippen LogP contribution in [0, 0.1) is 11.8 Å². The number of nitrogens with zero attached hydrogens (tertiary/aromatic N) is 1. The van der Waals surface area contributed by atoms with Gasteiger partial charge in [0.15, 0.2) is 0 Å². The predicted molar refractivity (Wildman–Crippen MR) is 70.9 cm³/mol. The second-order valence-corrected chi connectivity index (χ2v) is 6.80. The molecule has 0 amide bonds. The molecular formula is C13H25NOS. The Balaban J connectivity index is 1.91. The molecule has 0 aromatic heterocycles. The molecule has 0 spiro atoms. The normalized spacial score (nSPS) is 39.6. The fraction of sp³-hybridized carbons (Fsp3) is 1.00. The average Bonchev–Trinajstić information content (AvgIpc) is 2.29. The number of aliphatic hydroxyl groups is 1. The lowest BCUT2D eigenvalue weighted by atomic mass is 9.78. The first-order valence-corrected chi connectivity index (χ1v) is 7.80. The van der Waals surface area contributed by atoms with Crippen molar-refractivity contribution >= 4 is 11.8 Å². The van der Waals surface area contributed by atoms with E-state index in [1.165, 1.54) is 31.4 Å². The highest BCUT2D eigenvalue weighted by molar-refractivity contribution is 7.99. The van der Waals surface area contributed by atoms with E-state index in [-0.39, 0.29) is 6.10 Å². The number of rotatable bonds is 2. The number of thioether (sulfide) groups is 1. The van der Waals surface area contributed by atoms with E-state index in [1.54, 1.807) is 0 Å². The molecule has 2 aliphatic rings. The zero-order chi connectivity index (χ0) is 11.5. The topological polar surface area (TPSA) is 23.5 Å². The maximum absolute atomic E-state index is 10.5. The van der Waals surface area contributed by atoms with Crippen molar-refractivity contribution in [3.8, 4) is 0 Å². The standard InChI is InChI=1S/C13H25NOS/c1-10-4-3-5-11(8-10)13(15)12-9-16-7-6-14(12)2/h10-13,15H,3-9H2,1-2H3. The molecule has 94 valence electrons. The molecule has 3 heteroatoms. The van der Waals surface area contributed by atoms with Crippen LogP contribution in [0.2, 0.25) is 0 Å². The fourth-order valence-electron chi connectivity index (χ4n) is 3.17. The quantitative estimate of drug-likeness (QED) is 0.804. The Kier molecular flexibility index (Phi) is 4.57. The lowest BCUT2D eigenvalue weighted by Crippen LogP contribution is -2.50. The third-order valence-electron chi connectivity index (χ3n) is 4.30. The van der Waals surface area contributed by atoms with Crippen LogP contribution in [0.1, 0.15) is 32.6 Å². The van der Waals surface area contributed by atoms with Gasteiger partial charge >= 0.3 is 0 Å². The Morgan fingerprint density at radius 2 is 2.19 bits per heavy atom. The Hall–Kier alpha value is 0.270. The van der Waals surface area contributed by atoms with Crippen LogP contribution < -0.4 is 0 Å². The molecule has 2 nitrogen and oxygen atoms in total. The molecule has 1 aliphatic heterocycles. The summed E-state index contributed by atoms with van der Waals surface area (Å²) in [6.45, 7) is 3.47. The molecule has 0 bridgehead atoms. The molecule has 1 saturated carbocycles. The highest BCUT2D eigenvalue weighted by Crippen LogP contribution is 2.33. The molecule has 0 radical (unpaired) electrons. The second-order valence-electron chi connectivity index (χ2n) is 5.65. The lowest BCUT2D eigenvalue weighted by Gasteiger charge is -2.40. The van der Waals surface area contributed by atoms with E-state index in [0.29, 0.717) is 12.0 Å².